The highest BCUT2D eigenvalue weighted by molar-refractivity contribution is 5.60. The van der Waals surface area contributed by atoms with Crippen LogP contribution in [0.25, 0.3) is 6.08 Å². The average Bonchev–Trinajstić information content (AvgIpc) is 2.73. The summed E-state index contributed by atoms with van der Waals surface area (Å²) >= 11 is 0. The van der Waals surface area contributed by atoms with E-state index in [2.05, 4.69) is 17.5 Å². The highest BCUT2D eigenvalue weighted by Gasteiger charge is 2.08. The normalized spacial score (nSPS) is 20.2. The van der Waals surface area contributed by atoms with Gasteiger partial charge in [0.2, 0.25) is 0 Å². The zero-order valence-corrected chi connectivity index (χ0v) is 11.8. The smallest absolute Gasteiger partial charge is 0.126 e. The maximum Gasteiger partial charge on any atom is 0.126 e. The second-order valence-corrected chi connectivity index (χ2v) is 4.88. The average molecular weight is 261 g/mol. The molecule has 1 heterocycles. The molecule has 0 amide bonds. The zero-order chi connectivity index (χ0) is 13.5. The minimum Gasteiger partial charge on any atom is -0.497 e. The molecule has 3 heteroatoms. The number of hydrogen-bond acceptors (Lipinski definition) is 3. The summed E-state index contributed by atoms with van der Waals surface area (Å²) < 4.78 is 10.6. The van der Waals surface area contributed by atoms with E-state index in [9.17, 15) is 0 Å². The van der Waals surface area contributed by atoms with Crippen molar-refractivity contribution in [2.24, 2.45) is 0 Å². The maximum absolute atomic E-state index is 5.38. The molecule has 1 fully saturated rings. The molecular formula is C16H23NO2. The van der Waals surface area contributed by atoms with Gasteiger partial charge in [-0.2, -0.15) is 0 Å². The lowest BCUT2D eigenvalue weighted by Gasteiger charge is -2.11. The van der Waals surface area contributed by atoms with E-state index in [1.807, 2.05) is 18.2 Å². The van der Waals surface area contributed by atoms with E-state index in [1.165, 1.54) is 25.7 Å². The van der Waals surface area contributed by atoms with Crippen molar-refractivity contribution in [3.63, 3.8) is 0 Å². The van der Waals surface area contributed by atoms with E-state index in [1.54, 1.807) is 14.2 Å². The summed E-state index contributed by atoms with van der Waals surface area (Å²) in [5.74, 6) is 1.74. The van der Waals surface area contributed by atoms with E-state index in [0.29, 0.717) is 6.04 Å². The Morgan fingerprint density at radius 2 is 2.05 bits per heavy atom. The van der Waals surface area contributed by atoms with Crippen LogP contribution >= 0.6 is 0 Å². The highest BCUT2D eigenvalue weighted by atomic mass is 16.5. The first-order chi connectivity index (χ1) is 9.33. The molecule has 1 aromatic carbocycles. The van der Waals surface area contributed by atoms with Gasteiger partial charge in [-0.3, -0.25) is 0 Å². The fraction of sp³-hybridized carbons (Fsp3) is 0.500. The predicted molar refractivity (Wildman–Crippen MR) is 78.8 cm³/mol. The second kappa shape index (κ2) is 7.19. The van der Waals surface area contributed by atoms with E-state index in [0.717, 1.165) is 23.6 Å². The SMILES string of the molecule is COc1ccc(OC)c(/C=C/C2CCCCCN2)c1. The van der Waals surface area contributed by atoms with E-state index < -0.39 is 0 Å². The topological polar surface area (TPSA) is 30.5 Å². The molecule has 1 N–H and O–H groups in total. The molecule has 1 saturated heterocycles. The van der Waals surface area contributed by atoms with Gasteiger partial charge in [0.25, 0.3) is 0 Å². The Kier molecular flexibility index (Phi) is 5.28. The Morgan fingerprint density at radius 1 is 1.16 bits per heavy atom. The lowest BCUT2D eigenvalue weighted by Crippen LogP contribution is -2.25. The Labute approximate surface area is 115 Å². The van der Waals surface area contributed by atoms with E-state index in [-0.39, 0.29) is 0 Å². The molecule has 0 spiro atoms. The summed E-state index contributed by atoms with van der Waals surface area (Å²) in [5.41, 5.74) is 1.06. The van der Waals surface area contributed by atoms with Crippen molar-refractivity contribution in [2.75, 3.05) is 20.8 Å². The third kappa shape index (κ3) is 4.00. The van der Waals surface area contributed by atoms with Crippen molar-refractivity contribution in [3.05, 3.63) is 29.8 Å². The first-order valence-corrected chi connectivity index (χ1v) is 6.97. The van der Waals surface area contributed by atoms with Crippen LogP contribution in [0, 0.1) is 0 Å². The summed E-state index contributed by atoms with van der Waals surface area (Å²) in [5, 5.41) is 3.56. The van der Waals surface area contributed by atoms with Gasteiger partial charge in [-0.25, -0.2) is 0 Å². The number of benzene rings is 1. The standard InChI is InChI=1S/C16H23NO2/c1-18-15-9-10-16(19-2)13(12-15)7-8-14-6-4-3-5-11-17-14/h7-10,12,14,17H,3-6,11H2,1-2H3/b8-7+. The van der Waals surface area contributed by atoms with E-state index in [4.69, 9.17) is 9.47 Å². The molecule has 1 aliphatic rings. The molecule has 0 aromatic heterocycles. The van der Waals surface area contributed by atoms with Crippen LogP contribution < -0.4 is 14.8 Å². The van der Waals surface area contributed by atoms with Crippen LogP contribution in [-0.4, -0.2) is 26.8 Å². The van der Waals surface area contributed by atoms with Crippen LogP contribution in [0.15, 0.2) is 24.3 Å². The van der Waals surface area contributed by atoms with Crippen LogP contribution in [-0.2, 0) is 0 Å². The van der Waals surface area contributed by atoms with Gasteiger partial charge in [0.05, 0.1) is 14.2 Å². The molecule has 104 valence electrons. The Balaban J connectivity index is 2.11. The first kappa shape index (κ1) is 13.9. The fourth-order valence-corrected chi connectivity index (χ4v) is 2.41. The Morgan fingerprint density at radius 3 is 2.84 bits per heavy atom. The predicted octanol–water partition coefficient (Wildman–Crippen LogP) is 3.25. The monoisotopic (exact) mass is 261 g/mol. The van der Waals surface area contributed by atoms with Crippen LogP contribution in [0.1, 0.15) is 31.2 Å². The van der Waals surface area contributed by atoms with Crippen molar-refractivity contribution in [1.29, 1.82) is 0 Å². The molecule has 1 aromatic rings. The third-order valence-electron chi connectivity index (χ3n) is 3.54. The van der Waals surface area contributed by atoms with Crippen LogP contribution in [0.4, 0.5) is 0 Å². The Hall–Kier alpha value is -1.48. The largest absolute Gasteiger partial charge is 0.497 e. The van der Waals surface area contributed by atoms with Crippen molar-refractivity contribution >= 4 is 6.08 Å². The second-order valence-electron chi connectivity index (χ2n) is 4.88. The molecule has 0 aliphatic carbocycles. The van der Waals surface area contributed by atoms with Crippen molar-refractivity contribution < 1.29 is 9.47 Å². The molecule has 2 rings (SSSR count). The zero-order valence-electron chi connectivity index (χ0n) is 11.8. The number of hydrogen-bond donors (Lipinski definition) is 1. The van der Waals surface area contributed by atoms with Crippen LogP contribution in [0.2, 0.25) is 0 Å². The summed E-state index contributed by atoms with van der Waals surface area (Å²) in [6.07, 6.45) is 9.50. The molecule has 0 radical (unpaired) electrons. The molecule has 3 nitrogen and oxygen atoms in total. The number of methoxy groups -OCH3 is 2. The fourth-order valence-electron chi connectivity index (χ4n) is 2.41. The van der Waals surface area contributed by atoms with Crippen molar-refractivity contribution in [3.8, 4) is 11.5 Å². The molecule has 1 aliphatic heterocycles. The minimum atomic E-state index is 0.471. The van der Waals surface area contributed by atoms with Crippen LogP contribution in [0.3, 0.4) is 0 Å². The quantitative estimate of drug-likeness (QED) is 0.902. The lowest BCUT2D eigenvalue weighted by atomic mass is 10.1. The van der Waals surface area contributed by atoms with Gasteiger partial charge in [0.15, 0.2) is 0 Å². The first-order valence-electron chi connectivity index (χ1n) is 6.97. The van der Waals surface area contributed by atoms with Crippen LogP contribution in [0.5, 0.6) is 11.5 Å². The summed E-state index contributed by atoms with van der Waals surface area (Å²) in [6.45, 7) is 1.12. The number of ether oxygens (including phenoxy) is 2. The molecule has 0 saturated carbocycles. The lowest BCUT2D eigenvalue weighted by molar-refractivity contribution is 0.402. The molecule has 19 heavy (non-hydrogen) atoms. The summed E-state index contributed by atoms with van der Waals surface area (Å²) in [4.78, 5) is 0. The third-order valence-corrected chi connectivity index (χ3v) is 3.54. The van der Waals surface area contributed by atoms with Gasteiger partial charge in [0, 0.05) is 11.6 Å². The van der Waals surface area contributed by atoms with Gasteiger partial charge in [-0.05, 0) is 37.6 Å². The van der Waals surface area contributed by atoms with Crippen molar-refractivity contribution in [2.45, 2.75) is 31.7 Å². The van der Waals surface area contributed by atoms with Gasteiger partial charge in [0.1, 0.15) is 11.5 Å². The van der Waals surface area contributed by atoms with Gasteiger partial charge in [-0.1, -0.05) is 25.0 Å². The number of rotatable bonds is 4. The molecule has 1 atom stereocenters. The van der Waals surface area contributed by atoms with E-state index >= 15 is 0 Å². The Bertz CT molecular complexity index is 421. The van der Waals surface area contributed by atoms with Gasteiger partial charge < -0.3 is 14.8 Å². The summed E-state index contributed by atoms with van der Waals surface area (Å²) in [7, 11) is 3.38. The molecular weight excluding hydrogens is 238 g/mol. The molecule has 1 unspecified atom stereocenters. The minimum absolute atomic E-state index is 0.471. The van der Waals surface area contributed by atoms with Gasteiger partial charge in [-0.15, -0.1) is 0 Å². The van der Waals surface area contributed by atoms with Crippen molar-refractivity contribution in [1.82, 2.24) is 5.32 Å². The molecule has 0 bridgehead atoms. The highest BCUT2D eigenvalue weighted by Crippen LogP contribution is 2.25. The number of nitrogens with one attached hydrogen (secondary N) is 1. The maximum atomic E-state index is 5.38. The van der Waals surface area contributed by atoms with Gasteiger partial charge >= 0.3 is 0 Å². The summed E-state index contributed by atoms with van der Waals surface area (Å²) in [6, 6.07) is 6.34.